The fourth-order valence-corrected chi connectivity index (χ4v) is 6.75. The molecule has 35 heavy (non-hydrogen) atoms. The zero-order valence-corrected chi connectivity index (χ0v) is 20.8. The molecule has 0 fully saturated rings. The molecule has 1 unspecified atom stereocenters. The second-order valence-electron chi connectivity index (χ2n) is 11.0. The lowest BCUT2D eigenvalue weighted by molar-refractivity contribution is 0.607. The zero-order valence-electron chi connectivity index (χ0n) is 20.8. The number of hydrogen-bond acceptors (Lipinski definition) is 0. The van der Waals surface area contributed by atoms with E-state index in [9.17, 15) is 0 Å². The quantitative estimate of drug-likeness (QED) is 0.285. The van der Waals surface area contributed by atoms with Gasteiger partial charge in [-0.3, -0.25) is 0 Å². The summed E-state index contributed by atoms with van der Waals surface area (Å²) in [5, 5.41) is 2.68. The Morgan fingerprint density at radius 2 is 1.69 bits per heavy atom. The topological polar surface area (TPSA) is 4.93 Å². The van der Waals surface area contributed by atoms with Crippen LogP contribution < -0.4 is 0 Å². The molecule has 0 saturated heterocycles. The van der Waals surface area contributed by atoms with E-state index in [1.165, 1.54) is 61.6 Å². The van der Waals surface area contributed by atoms with E-state index in [0.29, 0.717) is 6.04 Å². The standard InChI is InChI=1S/C34H31N/c1-22-9-8-10-25(19-22)35-32-14-7-5-12-27(32)29-21-24(16-18-33(29)35)23-15-17-31-28(20-23)26-11-4-6-13-30(26)34(31,2)3/h4-5,7-12,14-18,20-21,25H,6,13,19H2,1-3H3. The van der Waals surface area contributed by atoms with E-state index in [1.54, 1.807) is 5.57 Å². The lowest BCUT2D eigenvalue weighted by Crippen LogP contribution is -2.17. The van der Waals surface area contributed by atoms with Gasteiger partial charge in [0.25, 0.3) is 0 Å². The van der Waals surface area contributed by atoms with Crippen molar-refractivity contribution in [2.45, 2.75) is 51.5 Å². The van der Waals surface area contributed by atoms with Crippen molar-refractivity contribution < 1.29 is 0 Å². The Morgan fingerprint density at radius 1 is 0.886 bits per heavy atom. The highest BCUT2D eigenvalue weighted by molar-refractivity contribution is 6.09. The van der Waals surface area contributed by atoms with Crippen LogP contribution in [0, 0.1) is 0 Å². The van der Waals surface area contributed by atoms with Gasteiger partial charge in [-0.05, 0) is 78.3 Å². The van der Waals surface area contributed by atoms with E-state index in [2.05, 4.69) is 116 Å². The Morgan fingerprint density at radius 3 is 2.57 bits per heavy atom. The molecule has 0 saturated carbocycles. The first-order chi connectivity index (χ1) is 17.0. The predicted octanol–water partition coefficient (Wildman–Crippen LogP) is 9.30. The largest absolute Gasteiger partial charge is 0.333 e. The van der Waals surface area contributed by atoms with Crippen molar-refractivity contribution in [3.8, 4) is 11.1 Å². The summed E-state index contributed by atoms with van der Waals surface area (Å²) < 4.78 is 2.54. The normalized spacial score (nSPS) is 20.4. The van der Waals surface area contributed by atoms with Gasteiger partial charge in [0.15, 0.2) is 0 Å². The first kappa shape index (κ1) is 20.8. The molecule has 4 aromatic rings. The predicted molar refractivity (Wildman–Crippen MR) is 150 cm³/mol. The van der Waals surface area contributed by atoms with Crippen molar-refractivity contribution >= 4 is 27.4 Å². The first-order valence-electron chi connectivity index (χ1n) is 12.9. The fraction of sp³-hybridized carbons (Fsp3) is 0.235. The van der Waals surface area contributed by atoms with Crippen LogP contribution in [0.1, 0.15) is 57.2 Å². The number of rotatable bonds is 2. The molecule has 1 nitrogen and oxygen atoms in total. The molecule has 3 aliphatic carbocycles. The minimum Gasteiger partial charge on any atom is -0.333 e. The van der Waals surface area contributed by atoms with Gasteiger partial charge in [0.1, 0.15) is 0 Å². The van der Waals surface area contributed by atoms with E-state index < -0.39 is 0 Å². The van der Waals surface area contributed by atoms with Crippen LogP contribution in [0.15, 0.2) is 102 Å². The van der Waals surface area contributed by atoms with E-state index in [4.69, 9.17) is 0 Å². The lowest BCUT2D eigenvalue weighted by atomic mass is 9.78. The van der Waals surface area contributed by atoms with E-state index in [-0.39, 0.29) is 5.41 Å². The van der Waals surface area contributed by atoms with Crippen LogP contribution in [-0.4, -0.2) is 4.57 Å². The highest BCUT2D eigenvalue weighted by Gasteiger charge is 2.37. The number of nitrogens with zero attached hydrogens (tertiary/aromatic N) is 1. The van der Waals surface area contributed by atoms with Gasteiger partial charge in [-0.25, -0.2) is 0 Å². The monoisotopic (exact) mass is 453 g/mol. The van der Waals surface area contributed by atoms with Crippen molar-refractivity contribution in [1.82, 2.24) is 4.57 Å². The SMILES string of the molecule is CC1=CC=CC(n2c3ccccc3c3cc(-c4ccc5c(c4)C4=C(CCC=C4)C5(C)C)ccc32)C1. The van der Waals surface area contributed by atoms with Crippen molar-refractivity contribution in [1.29, 1.82) is 0 Å². The van der Waals surface area contributed by atoms with Crippen molar-refractivity contribution in [3.05, 3.63) is 113 Å². The molecule has 0 spiro atoms. The third kappa shape index (κ3) is 3.01. The molecule has 0 N–H and O–H groups in total. The van der Waals surface area contributed by atoms with Crippen LogP contribution in [0.2, 0.25) is 0 Å². The second kappa shape index (κ2) is 7.46. The molecule has 7 rings (SSSR count). The van der Waals surface area contributed by atoms with Gasteiger partial charge in [0, 0.05) is 27.2 Å². The molecular weight excluding hydrogens is 422 g/mol. The van der Waals surface area contributed by atoms with Crippen LogP contribution >= 0.6 is 0 Å². The summed E-state index contributed by atoms with van der Waals surface area (Å²) >= 11 is 0. The molecule has 0 amide bonds. The Hall–Kier alpha value is -3.58. The molecule has 1 heteroatoms. The number of benzene rings is 3. The number of hydrogen-bond donors (Lipinski definition) is 0. The third-order valence-corrected chi connectivity index (χ3v) is 8.53. The minimum absolute atomic E-state index is 0.130. The van der Waals surface area contributed by atoms with Crippen molar-refractivity contribution in [2.75, 3.05) is 0 Å². The molecule has 3 aromatic carbocycles. The van der Waals surface area contributed by atoms with Gasteiger partial charge < -0.3 is 4.57 Å². The van der Waals surface area contributed by atoms with E-state index in [0.717, 1.165) is 12.8 Å². The van der Waals surface area contributed by atoms with Crippen LogP contribution in [0.4, 0.5) is 0 Å². The summed E-state index contributed by atoms with van der Waals surface area (Å²) in [6.45, 7) is 7.02. The number of aromatic nitrogens is 1. The van der Waals surface area contributed by atoms with Gasteiger partial charge in [0.05, 0.1) is 6.04 Å². The Balaban J connectivity index is 1.40. The molecule has 3 aliphatic rings. The average Bonchev–Trinajstić information content (AvgIpc) is 3.33. The summed E-state index contributed by atoms with van der Waals surface area (Å²) in [5.41, 5.74) is 12.8. The highest BCUT2D eigenvalue weighted by atomic mass is 15.0. The van der Waals surface area contributed by atoms with Gasteiger partial charge in [0.2, 0.25) is 0 Å². The summed E-state index contributed by atoms with van der Waals surface area (Å²) in [6, 6.07) is 23.5. The Kier molecular flexibility index (Phi) is 4.42. The maximum absolute atomic E-state index is 2.54. The molecule has 1 heterocycles. The van der Waals surface area contributed by atoms with Gasteiger partial charge in [-0.2, -0.15) is 0 Å². The van der Waals surface area contributed by atoms with Crippen LogP contribution in [0.5, 0.6) is 0 Å². The smallest absolute Gasteiger partial charge is 0.0562 e. The molecule has 0 bridgehead atoms. The van der Waals surface area contributed by atoms with E-state index >= 15 is 0 Å². The summed E-state index contributed by atoms with van der Waals surface area (Å²) in [6.07, 6.45) is 14.9. The molecular formula is C34H31N. The van der Waals surface area contributed by atoms with Gasteiger partial charge in [-0.15, -0.1) is 0 Å². The maximum atomic E-state index is 2.54. The third-order valence-electron chi connectivity index (χ3n) is 8.53. The zero-order chi connectivity index (χ0) is 23.7. The molecule has 172 valence electrons. The van der Waals surface area contributed by atoms with Gasteiger partial charge >= 0.3 is 0 Å². The summed E-state index contributed by atoms with van der Waals surface area (Å²) in [4.78, 5) is 0. The molecule has 1 aromatic heterocycles. The minimum atomic E-state index is 0.130. The van der Waals surface area contributed by atoms with Crippen LogP contribution in [-0.2, 0) is 5.41 Å². The molecule has 0 aliphatic heterocycles. The summed E-state index contributed by atoms with van der Waals surface area (Å²) in [7, 11) is 0. The Labute approximate surface area is 207 Å². The molecule has 0 radical (unpaired) electrons. The second-order valence-corrected chi connectivity index (χ2v) is 11.0. The fourth-order valence-electron chi connectivity index (χ4n) is 6.75. The average molecular weight is 454 g/mol. The number of allylic oxidation sites excluding steroid dienone is 8. The van der Waals surface area contributed by atoms with E-state index in [1.807, 2.05) is 0 Å². The van der Waals surface area contributed by atoms with Crippen molar-refractivity contribution in [2.24, 2.45) is 0 Å². The van der Waals surface area contributed by atoms with Crippen molar-refractivity contribution in [3.63, 3.8) is 0 Å². The molecule has 1 atom stereocenters. The summed E-state index contributed by atoms with van der Waals surface area (Å²) in [5.74, 6) is 0. The van der Waals surface area contributed by atoms with Crippen LogP contribution in [0.3, 0.4) is 0 Å². The Bertz CT molecular complexity index is 1650. The van der Waals surface area contributed by atoms with Gasteiger partial charge in [-0.1, -0.05) is 91.8 Å². The number of fused-ring (bicyclic) bond motifs is 5. The lowest BCUT2D eigenvalue weighted by Gasteiger charge is -2.25. The maximum Gasteiger partial charge on any atom is 0.0562 e. The number of para-hydroxylation sites is 1. The van der Waals surface area contributed by atoms with Crippen LogP contribution in [0.25, 0.3) is 38.5 Å². The highest BCUT2D eigenvalue weighted by Crippen LogP contribution is 2.51. The first-order valence-corrected chi connectivity index (χ1v) is 12.9.